The lowest BCUT2D eigenvalue weighted by Crippen LogP contribution is -2.11. The zero-order valence-electron chi connectivity index (χ0n) is 13.2. The average Bonchev–Trinajstić information content (AvgIpc) is 2.37. The van der Waals surface area contributed by atoms with Crippen LogP contribution >= 0.6 is 0 Å². The molecule has 104 valence electrons. The van der Waals surface area contributed by atoms with Crippen molar-refractivity contribution < 1.29 is 4.74 Å². The lowest BCUT2D eigenvalue weighted by Gasteiger charge is -2.19. The monoisotopic (exact) mass is 250 g/mol. The summed E-state index contributed by atoms with van der Waals surface area (Å²) in [4.78, 5) is 0. The molecule has 1 nitrogen and oxygen atoms in total. The van der Waals surface area contributed by atoms with Crippen molar-refractivity contribution in [1.82, 2.24) is 0 Å². The molecule has 18 heavy (non-hydrogen) atoms. The molecule has 0 saturated carbocycles. The molecule has 0 amide bonds. The lowest BCUT2D eigenvalue weighted by molar-refractivity contribution is 0.256. The van der Waals surface area contributed by atoms with E-state index in [1.54, 1.807) is 0 Å². The van der Waals surface area contributed by atoms with Gasteiger partial charge in [-0.25, -0.2) is 0 Å². The van der Waals surface area contributed by atoms with E-state index in [9.17, 15) is 0 Å². The lowest BCUT2D eigenvalue weighted by atomic mass is 9.87. The van der Waals surface area contributed by atoms with Gasteiger partial charge in [0.05, 0.1) is 6.61 Å². The van der Waals surface area contributed by atoms with E-state index in [2.05, 4.69) is 58.9 Å². The van der Waals surface area contributed by atoms with Crippen LogP contribution in [0.25, 0.3) is 0 Å². The van der Waals surface area contributed by atoms with E-state index in [-0.39, 0.29) is 5.41 Å². The summed E-state index contributed by atoms with van der Waals surface area (Å²) in [5.74, 6) is 1.61. The average molecular weight is 250 g/mol. The summed E-state index contributed by atoms with van der Waals surface area (Å²) in [6.07, 6.45) is 1.17. The highest BCUT2D eigenvalue weighted by Gasteiger charge is 2.12. The summed E-state index contributed by atoms with van der Waals surface area (Å²) >= 11 is 0. The fourth-order valence-electron chi connectivity index (χ4n) is 1.41. The van der Waals surface area contributed by atoms with Crippen LogP contribution in [0.3, 0.4) is 0 Å². The molecule has 1 unspecified atom stereocenters. The molecule has 0 fully saturated rings. The summed E-state index contributed by atoms with van der Waals surface area (Å²) in [6.45, 7) is 15.9. The van der Waals surface area contributed by atoms with Crippen LogP contribution in [0.5, 0.6) is 5.75 Å². The molecule has 0 radical (unpaired) electrons. The molecular formula is C17H30O. The highest BCUT2D eigenvalue weighted by molar-refractivity contribution is 5.31. The molecule has 1 rings (SSSR count). The van der Waals surface area contributed by atoms with Crippen molar-refractivity contribution >= 4 is 0 Å². The third-order valence-electron chi connectivity index (χ3n) is 2.95. The topological polar surface area (TPSA) is 9.23 Å². The quantitative estimate of drug-likeness (QED) is 0.692. The largest absolute Gasteiger partial charge is 0.493 e. The Labute approximate surface area is 114 Å². The molecule has 0 aliphatic heterocycles. The molecule has 0 spiro atoms. The minimum absolute atomic E-state index is 0.218. The van der Waals surface area contributed by atoms with Gasteiger partial charge in [0.15, 0.2) is 0 Å². The van der Waals surface area contributed by atoms with Gasteiger partial charge in [-0.1, -0.05) is 67.0 Å². The molecule has 0 aliphatic rings. The molecule has 0 bridgehead atoms. The van der Waals surface area contributed by atoms with Crippen LogP contribution in [-0.4, -0.2) is 6.61 Å². The van der Waals surface area contributed by atoms with Crippen molar-refractivity contribution in [1.29, 1.82) is 0 Å². The number of hydrogen-bond donors (Lipinski definition) is 0. The zero-order chi connectivity index (χ0) is 14.2. The van der Waals surface area contributed by atoms with E-state index < -0.39 is 0 Å². The van der Waals surface area contributed by atoms with Crippen LogP contribution in [0.15, 0.2) is 24.3 Å². The molecule has 0 aliphatic carbocycles. The van der Waals surface area contributed by atoms with Crippen LogP contribution in [0.4, 0.5) is 0 Å². The van der Waals surface area contributed by atoms with E-state index >= 15 is 0 Å². The second-order valence-electron chi connectivity index (χ2n) is 5.60. The van der Waals surface area contributed by atoms with Gasteiger partial charge in [0, 0.05) is 0 Å². The fraction of sp³-hybridized carbons (Fsp3) is 0.647. The first-order valence-corrected chi connectivity index (χ1v) is 7.17. The molecule has 1 aromatic carbocycles. The fourth-order valence-corrected chi connectivity index (χ4v) is 1.41. The van der Waals surface area contributed by atoms with Crippen LogP contribution in [-0.2, 0) is 5.41 Å². The maximum absolute atomic E-state index is 5.73. The molecule has 0 saturated heterocycles. The summed E-state index contributed by atoms with van der Waals surface area (Å²) in [5, 5.41) is 0. The standard InChI is InChI=1S/C15H24O.C2H6/c1-6-12(2)11-16-14-9-7-13(8-10-14)15(3,4)5;1-2/h7-10,12H,6,11H2,1-5H3;1-2H3. The van der Waals surface area contributed by atoms with Crippen molar-refractivity contribution in [2.75, 3.05) is 6.61 Å². The molecule has 1 heteroatoms. The number of ether oxygens (including phenoxy) is 1. The van der Waals surface area contributed by atoms with Crippen molar-refractivity contribution in [3.8, 4) is 5.75 Å². The van der Waals surface area contributed by atoms with Crippen LogP contribution in [0.2, 0.25) is 0 Å². The zero-order valence-corrected chi connectivity index (χ0v) is 13.2. The number of rotatable bonds is 4. The van der Waals surface area contributed by atoms with Crippen molar-refractivity contribution in [3.63, 3.8) is 0 Å². The molecular weight excluding hydrogens is 220 g/mol. The molecule has 0 N–H and O–H groups in total. The summed E-state index contributed by atoms with van der Waals surface area (Å²) in [7, 11) is 0. The number of hydrogen-bond acceptors (Lipinski definition) is 1. The first-order valence-electron chi connectivity index (χ1n) is 7.17. The first kappa shape index (κ1) is 17.0. The summed E-state index contributed by atoms with van der Waals surface area (Å²) < 4.78 is 5.73. The third kappa shape index (κ3) is 6.09. The van der Waals surface area contributed by atoms with E-state index in [0.29, 0.717) is 5.92 Å². The minimum atomic E-state index is 0.218. The second-order valence-corrected chi connectivity index (χ2v) is 5.60. The van der Waals surface area contributed by atoms with Gasteiger partial charge in [0.25, 0.3) is 0 Å². The van der Waals surface area contributed by atoms with Gasteiger partial charge < -0.3 is 4.74 Å². The Morgan fingerprint density at radius 3 is 1.94 bits per heavy atom. The smallest absolute Gasteiger partial charge is 0.119 e. The van der Waals surface area contributed by atoms with Crippen molar-refractivity contribution in [3.05, 3.63) is 29.8 Å². The van der Waals surface area contributed by atoms with Crippen LogP contribution in [0.1, 0.15) is 60.5 Å². The summed E-state index contributed by atoms with van der Waals surface area (Å²) in [6, 6.07) is 8.46. The summed E-state index contributed by atoms with van der Waals surface area (Å²) in [5.41, 5.74) is 1.57. The third-order valence-corrected chi connectivity index (χ3v) is 2.95. The van der Waals surface area contributed by atoms with Gasteiger partial charge >= 0.3 is 0 Å². The van der Waals surface area contributed by atoms with Gasteiger partial charge in [0.2, 0.25) is 0 Å². The highest BCUT2D eigenvalue weighted by Crippen LogP contribution is 2.24. The van der Waals surface area contributed by atoms with Crippen molar-refractivity contribution in [2.24, 2.45) is 5.92 Å². The Balaban J connectivity index is 0.00000137. The normalized spacial score (nSPS) is 12.4. The highest BCUT2D eigenvalue weighted by atomic mass is 16.5. The second kappa shape index (κ2) is 8.18. The Hall–Kier alpha value is -0.980. The van der Waals surface area contributed by atoms with Gasteiger partial charge in [-0.15, -0.1) is 0 Å². The Morgan fingerprint density at radius 1 is 1.06 bits per heavy atom. The predicted molar refractivity (Wildman–Crippen MR) is 81.4 cm³/mol. The van der Waals surface area contributed by atoms with Crippen LogP contribution in [0, 0.1) is 5.92 Å². The van der Waals surface area contributed by atoms with E-state index in [0.717, 1.165) is 12.4 Å². The Bertz CT molecular complexity index is 305. The maximum atomic E-state index is 5.73. The molecule has 1 atom stereocenters. The van der Waals surface area contributed by atoms with Gasteiger partial charge in [0.1, 0.15) is 5.75 Å². The van der Waals surface area contributed by atoms with E-state index in [4.69, 9.17) is 4.74 Å². The predicted octanol–water partition coefficient (Wildman–Crippen LogP) is 5.44. The van der Waals surface area contributed by atoms with Crippen molar-refractivity contribution in [2.45, 2.75) is 60.3 Å². The number of benzene rings is 1. The van der Waals surface area contributed by atoms with Gasteiger partial charge in [-0.2, -0.15) is 0 Å². The Kier molecular flexibility index (Phi) is 7.73. The van der Waals surface area contributed by atoms with Crippen LogP contribution < -0.4 is 4.74 Å². The maximum Gasteiger partial charge on any atom is 0.119 e. The van der Waals surface area contributed by atoms with Gasteiger partial charge in [-0.05, 0) is 29.0 Å². The SMILES string of the molecule is CC.CCC(C)COc1ccc(C(C)(C)C)cc1. The molecule has 1 aromatic rings. The Morgan fingerprint density at radius 2 is 1.56 bits per heavy atom. The molecule has 0 heterocycles. The van der Waals surface area contributed by atoms with E-state index in [1.165, 1.54) is 12.0 Å². The van der Waals surface area contributed by atoms with Gasteiger partial charge in [-0.3, -0.25) is 0 Å². The molecule has 0 aromatic heterocycles. The first-order chi connectivity index (χ1) is 8.43. The minimum Gasteiger partial charge on any atom is -0.493 e. The van der Waals surface area contributed by atoms with E-state index in [1.807, 2.05) is 13.8 Å².